The van der Waals surface area contributed by atoms with E-state index in [-0.39, 0.29) is 22.9 Å². The number of rotatable bonds is 6. The van der Waals surface area contributed by atoms with Crippen molar-refractivity contribution in [3.63, 3.8) is 0 Å². The molecule has 0 atom stereocenters. The van der Waals surface area contributed by atoms with Crippen molar-refractivity contribution in [1.82, 2.24) is 5.43 Å². The molecule has 3 aromatic rings. The van der Waals surface area contributed by atoms with E-state index >= 15 is 0 Å². The summed E-state index contributed by atoms with van der Waals surface area (Å²) in [5.74, 6) is -2.65. The molecule has 12 heteroatoms. The van der Waals surface area contributed by atoms with Gasteiger partial charge in [-0.2, -0.15) is 18.3 Å². The van der Waals surface area contributed by atoms with Crippen LogP contribution in [0.15, 0.2) is 76.3 Å². The molecule has 0 spiro atoms. The molecule has 0 aliphatic heterocycles. The number of alkyl halides is 3. The summed E-state index contributed by atoms with van der Waals surface area (Å²) < 4.78 is 49.8. The minimum Gasteiger partial charge on any atom is -0.493 e. The Bertz CT molecular complexity index is 1380. The molecule has 37 heavy (non-hydrogen) atoms. The van der Waals surface area contributed by atoms with Gasteiger partial charge in [0.15, 0.2) is 11.5 Å². The second-order valence-corrected chi connectivity index (χ2v) is 8.26. The quantitative estimate of drug-likeness (QED) is 0.138. The third kappa shape index (κ3) is 7.17. The van der Waals surface area contributed by atoms with Crippen molar-refractivity contribution < 1.29 is 37.0 Å². The van der Waals surface area contributed by atoms with Gasteiger partial charge in [0.2, 0.25) is 0 Å². The van der Waals surface area contributed by atoms with Crippen LogP contribution in [0.2, 0.25) is 0 Å². The largest absolute Gasteiger partial charge is 0.493 e. The molecule has 192 valence electrons. The van der Waals surface area contributed by atoms with E-state index in [0.29, 0.717) is 21.7 Å². The van der Waals surface area contributed by atoms with E-state index in [9.17, 15) is 27.6 Å². The van der Waals surface area contributed by atoms with Crippen LogP contribution in [0, 0.1) is 0 Å². The van der Waals surface area contributed by atoms with Crippen LogP contribution in [0.3, 0.4) is 0 Å². The third-order valence-corrected chi connectivity index (χ3v) is 5.55. The van der Waals surface area contributed by atoms with Crippen LogP contribution in [0.4, 0.5) is 18.9 Å². The summed E-state index contributed by atoms with van der Waals surface area (Å²) in [6.07, 6.45) is -4.60. The molecule has 0 saturated carbocycles. The van der Waals surface area contributed by atoms with Crippen LogP contribution in [-0.2, 0) is 15.8 Å². The summed E-state index contributed by atoms with van der Waals surface area (Å²) in [4.78, 5) is 36.6. The number of anilines is 1. The molecule has 0 bridgehead atoms. The maximum atomic E-state index is 12.8. The average molecular weight is 578 g/mol. The number of ether oxygens (including phenoxy) is 2. The summed E-state index contributed by atoms with van der Waals surface area (Å²) in [7, 11) is 1.38. The van der Waals surface area contributed by atoms with Gasteiger partial charge in [0, 0.05) is 15.7 Å². The number of nitrogens with zero attached hydrogens (tertiary/aromatic N) is 1. The summed E-state index contributed by atoms with van der Waals surface area (Å²) in [6, 6.07) is 15.1. The highest BCUT2D eigenvalue weighted by Crippen LogP contribution is 2.31. The molecule has 0 saturated heterocycles. The molecule has 0 aromatic heterocycles. The Morgan fingerprint density at radius 1 is 0.919 bits per heavy atom. The number of halogens is 4. The van der Waals surface area contributed by atoms with Crippen LogP contribution >= 0.6 is 15.9 Å². The lowest BCUT2D eigenvalue weighted by Crippen LogP contribution is -2.33. The summed E-state index contributed by atoms with van der Waals surface area (Å²) in [5.41, 5.74) is 1.92. The molecular weight excluding hydrogens is 559 g/mol. The number of amides is 2. The minimum atomic E-state index is -4.60. The normalized spacial score (nSPS) is 11.5. The van der Waals surface area contributed by atoms with Crippen molar-refractivity contribution in [2.24, 2.45) is 5.10 Å². The predicted molar refractivity (Wildman–Crippen MR) is 133 cm³/mol. The minimum absolute atomic E-state index is 0.143. The first-order valence-corrected chi connectivity index (χ1v) is 11.3. The van der Waals surface area contributed by atoms with Gasteiger partial charge in [-0.3, -0.25) is 9.59 Å². The molecule has 8 nitrogen and oxygen atoms in total. The van der Waals surface area contributed by atoms with Gasteiger partial charge in [-0.1, -0.05) is 18.2 Å². The number of carbonyl (C=O) groups is 3. The fourth-order valence-corrected chi connectivity index (χ4v) is 3.42. The third-order valence-electron chi connectivity index (χ3n) is 4.86. The Morgan fingerprint density at radius 3 is 2.32 bits per heavy atom. The second-order valence-electron chi connectivity index (χ2n) is 7.41. The molecule has 0 unspecified atom stereocenters. The fraction of sp³-hybridized carbons (Fsp3) is 0.120. The number of hydrogen-bond acceptors (Lipinski definition) is 6. The lowest BCUT2D eigenvalue weighted by atomic mass is 10.1. The molecule has 3 aromatic carbocycles. The van der Waals surface area contributed by atoms with E-state index in [1.54, 1.807) is 30.3 Å². The molecule has 0 aliphatic rings. The van der Waals surface area contributed by atoms with Gasteiger partial charge < -0.3 is 14.8 Å². The van der Waals surface area contributed by atoms with Crippen molar-refractivity contribution in [2.75, 3.05) is 12.4 Å². The lowest BCUT2D eigenvalue weighted by molar-refractivity contribution is -0.137. The Kier molecular flexibility index (Phi) is 8.66. The highest BCUT2D eigenvalue weighted by molar-refractivity contribution is 9.10. The summed E-state index contributed by atoms with van der Waals surface area (Å²) >= 11 is 3.29. The smallest absolute Gasteiger partial charge is 0.416 e. The number of hydrogen-bond donors (Lipinski definition) is 2. The van der Waals surface area contributed by atoms with E-state index < -0.39 is 29.5 Å². The Balaban J connectivity index is 1.67. The number of carbonyl (C=O) groups excluding carboxylic acids is 3. The molecule has 0 heterocycles. The topological polar surface area (TPSA) is 106 Å². The zero-order chi connectivity index (χ0) is 27.2. The van der Waals surface area contributed by atoms with Gasteiger partial charge in [-0.25, -0.2) is 10.2 Å². The standard InChI is InChI=1S/C25H19BrF3N3O5/c1-14(31-32-23(34)22(33)30-17-7-5-6-16(13-17)25(27,28)29)15-10-11-20(21(12-15)36-2)37-24(35)18-8-3-4-9-19(18)26/h3-13H,1-2H3,(H,30,33)(H,32,34). The highest BCUT2D eigenvalue weighted by atomic mass is 79.9. The summed E-state index contributed by atoms with van der Waals surface area (Å²) in [5, 5.41) is 5.93. The van der Waals surface area contributed by atoms with Crippen molar-refractivity contribution in [3.05, 3.63) is 87.9 Å². The molecular formula is C25H19BrF3N3O5. The first-order chi connectivity index (χ1) is 17.5. The number of hydrazone groups is 1. The SMILES string of the molecule is COc1cc(C(C)=NNC(=O)C(=O)Nc2cccc(C(F)(F)F)c2)ccc1OC(=O)c1ccccc1Br. The van der Waals surface area contributed by atoms with Gasteiger partial charge in [0.05, 0.1) is 23.9 Å². The molecule has 0 fully saturated rings. The van der Waals surface area contributed by atoms with E-state index in [1.165, 1.54) is 32.2 Å². The van der Waals surface area contributed by atoms with E-state index in [2.05, 4.69) is 26.3 Å². The van der Waals surface area contributed by atoms with Crippen LogP contribution < -0.4 is 20.2 Å². The predicted octanol–water partition coefficient (Wildman–Crippen LogP) is 5.17. The lowest BCUT2D eigenvalue weighted by Gasteiger charge is -2.12. The highest BCUT2D eigenvalue weighted by Gasteiger charge is 2.30. The van der Waals surface area contributed by atoms with Crippen LogP contribution in [0.25, 0.3) is 0 Å². The van der Waals surface area contributed by atoms with Crippen LogP contribution in [0.1, 0.15) is 28.4 Å². The number of methoxy groups -OCH3 is 1. The zero-order valence-corrected chi connectivity index (χ0v) is 20.9. The zero-order valence-electron chi connectivity index (χ0n) is 19.4. The van der Waals surface area contributed by atoms with Gasteiger partial charge in [-0.05, 0) is 71.4 Å². The first kappa shape index (κ1) is 27.4. The molecule has 2 N–H and O–H groups in total. The van der Waals surface area contributed by atoms with Gasteiger partial charge in [0.25, 0.3) is 0 Å². The first-order valence-electron chi connectivity index (χ1n) is 10.5. The van der Waals surface area contributed by atoms with Gasteiger partial charge in [-0.15, -0.1) is 0 Å². The van der Waals surface area contributed by atoms with Crippen molar-refractivity contribution in [3.8, 4) is 11.5 Å². The van der Waals surface area contributed by atoms with Crippen molar-refractivity contribution in [1.29, 1.82) is 0 Å². The fourth-order valence-electron chi connectivity index (χ4n) is 2.97. The van der Waals surface area contributed by atoms with Gasteiger partial charge in [0.1, 0.15) is 0 Å². The molecule has 0 radical (unpaired) electrons. The van der Waals surface area contributed by atoms with E-state index in [4.69, 9.17) is 9.47 Å². The molecule has 3 rings (SSSR count). The van der Waals surface area contributed by atoms with Crippen molar-refractivity contribution in [2.45, 2.75) is 13.1 Å². The Labute approximate surface area is 217 Å². The van der Waals surface area contributed by atoms with Crippen LogP contribution in [0.5, 0.6) is 11.5 Å². The van der Waals surface area contributed by atoms with E-state index in [0.717, 1.165) is 12.1 Å². The number of esters is 1. The van der Waals surface area contributed by atoms with E-state index in [1.807, 2.05) is 5.43 Å². The van der Waals surface area contributed by atoms with Gasteiger partial charge >= 0.3 is 24.0 Å². The Hall–Kier alpha value is -4.19. The van der Waals surface area contributed by atoms with Crippen LogP contribution in [-0.4, -0.2) is 30.6 Å². The number of nitrogens with one attached hydrogen (secondary N) is 2. The van der Waals surface area contributed by atoms with Crippen molar-refractivity contribution >= 4 is 45.1 Å². The molecule has 0 aliphatic carbocycles. The maximum Gasteiger partial charge on any atom is 0.416 e. The molecule has 2 amide bonds. The average Bonchev–Trinajstić information content (AvgIpc) is 2.87. The summed E-state index contributed by atoms with van der Waals surface area (Å²) in [6.45, 7) is 1.53. The maximum absolute atomic E-state index is 12.8. The number of benzene rings is 3. The Morgan fingerprint density at radius 2 is 1.65 bits per heavy atom. The second kappa shape index (κ2) is 11.7. The monoisotopic (exact) mass is 577 g/mol.